The first-order valence-electron chi connectivity index (χ1n) is 11.3. The van der Waals surface area contributed by atoms with Gasteiger partial charge < -0.3 is 19.1 Å². The lowest BCUT2D eigenvalue weighted by Gasteiger charge is -2.39. The Labute approximate surface area is 208 Å². The Morgan fingerprint density at radius 2 is 1.89 bits per heavy atom. The number of likely N-dealkylation sites (N-methyl/N-ethyl adjacent to an activating group) is 1. The number of benzene rings is 1. The van der Waals surface area contributed by atoms with E-state index in [2.05, 4.69) is 68.1 Å². The van der Waals surface area contributed by atoms with E-state index >= 15 is 0 Å². The van der Waals surface area contributed by atoms with Crippen LogP contribution in [-0.4, -0.2) is 63.5 Å². The maximum Gasteiger partial charge on any atom is 0.330 e. The fourth-order valence-corrected chi connectivity index (χ4v) is 3.57. The van der Waals surface area contributed by atoms with Crippen LogP contribution in [0.2, 0.25) is 0 Å². The predicted molar refractivity (Wildman–Crippen MR) is 136 cm³/mol. The fourth-order valence-electron chi connectivity index (χ4n) is 3.57. The van der Waals surface area contributed by atoms with Crippen LogP contribution in [0.5, 0.6) is 0 Å². The van der Waals surface area contributed by atoms with Crippen molar-refractivity contribution in [1.82, 2.24) is 4.90 Å². The zero-order valence-electron chi connectivity index (χ0n) is 20.6. The van der Waals surface area contributed by atoms with Gasteiger partial charge in [-0.2, -0.15) is 8.42 Å². The molecule has 192 valence electrons. The molecule has 0 unspecified atom stereocenters. The Balaban J connectivity index is 0.000000784. The van der Waals surface area contributed by atoms with E-state index in [0.29, 0.717) is 19.5 Å². The number of carbonyl (C=O) groups is 1. The summed E-state index contributed by atoms with van der Waals surface area (Å²) in [5.41, 5.74) is 3.01. The molecular formula is C26H35NO7S. The van der Waals surface area contributed by atoms with Gasteiger partial charge in [0.15, 0.2) is 6.29 Å². The molecular weight excluding hydrogens is 470 g/mol. The topological polar surface area (TPSA) is 102 Å². The van der Waals surface area contributed by atoms with Gasteiger partial charge in [0.2, 0.25) is 0 Å². The van der Waals surface area contributed by atoms with Gasteiger partial charge in [0, 0.05) is 25.2 Å². The summed E-state index contributed by atoms with van der Waals surface area (Å²) in [6, 6.07) is 8.20. The van der Waals surface area contributed by atoms with E-state index in [1.54, 1.807) is 0 Å². The summed E-state index contributed by atoms with van der Waals surface area (Å²) < 4.78 is 43.2. The van der Waals surface area contributed by atoms with Crippen LogP contribution in [-0.2, 0) is 29.1 Å². The van der Waals surface area contributed by atoms with Gasteiger partial charge in [-0.3, -0.25) is 4.55 Å². The number of carbonyl (C=O) groups excluding carboxylic acids is 1. The van der Waals surface area contributed by atoms with Crippen molar-refractivity contribution < 1.29 is 32.0 Å². The van der Waals surface area contributed by atoms with Gasteiger partial charge in [-0.1, -0.05) is 62.4 Å². The van der Waals surface area contributed by atoms with Crippen LogP contribution in [0.4, 0.5) is 0 Å². The third kappa shape index (κ3) is 10.6. The highest BCUT2D eigenvalue weighted by molar-refractivity contribution is 7.85. The minimum atomic E-state index is -3.67. The van der Waals surface area contributed by atoms with Crippen molar-refractivity contribution >= 4 is 22.2 Å². The molecule has 0 radical (unpaired) electrons. The van der Waals surface area contributed by atoms with Gasteiger partial charge in [0.1, 0.15) is 6.61 Å². The zero-order chi connectivity index (χ0) is 25.9. The SMILES string of the molecule is C=CC(=O)OCC1(CCC)COC(c2ccc(C=CC3=CCN(C)C=C3)cc2)OC1.CS(=O)(=O)O. The fraction of sp³-hybridized carbons (Fsp3) is 0.423. The van der Waals surface area contributed by atoms with Crippen LogP contribution in [0.15, 0.2) is 66.9 Å². The van der Waals surface area contributed by atoms with E-state index < -0.39 is 22.4 Å². The Kier molecular flexibility index (Phi) is 10.9. The summed E-state index contributed by atoms with van der Waals surface area (Å²) in [6.45, 7) is 7.74. The number of hydrogen-bond acceptors (Lipinski definition) is 7. The second-order valence-electron chi connectivity index (χ2n) is 8.71. The third-order valence-corrected chi connectivity index (χ3v) is 5.36. The Morgan fingerprint density at radius 1 is 1.26 bits per heavy atom. The molecule has 0 amide bonds. The Bertz CT molecular complexity index is 1030. The van der Waals surface area contributed by atoms with Crippen molar-refractivity contribution in [3.63, 3.8) is 0 Å². The highest BCUT2D eigenvalue weighted by Crippen LogP contribution is 2.35. The standard InChI is InChI=1S/C25H31NO4.CH4O3S/c1-4-14-25(17-28-23(27)5-2)18-29-24(30-19-25)22-10-8-20(9-11-22)6-7-21-12-15-26(3)16-13-21;1-5(2,3)4/h5-13,15,24H,2,4,14,16-19H2,1,3H3;1H3,(H,2,3,4). The van der Waals surface area contributed by atoms with Crippen molar-refractivity contribution in [1.29, 1.82) is 0 Å². The van der Waals surface area contributed by atoms with Crippen molar-refractivity contribution in [2.24, 2.45) is 5.41 Å². The van der Waals surface area contributed by atoms with E-state index in [0.717, 1.165) is 30.5 Å². The average molecular weight is 506 g/mol. The maximum absolute atomic E-state index is 11.5. The monoisotopic (exact) mass is 505 g/mol. The number of esters is 1. The molecule has 1 aromatic rings. The van der Waals surface area contributed by atoms with E-state index in [4.69, 9.17) is 18.8 Å². The van der Waals surface area contributed by atoms with Gasteiger partial charge in [-0.05, 0) is 29.8 Å². The summed E-state index contributed by atoms with van der Waals surface area (Å²) in [7, 11) is -1.61. The van der Waals surface area contributed by atoms with E-state index in [1.807, 2.05) is 12.1 Å². The average Bonchev–Trinajstić information content (AvgIpc) is 2.82. The molecule has 35 heavy (non-hydrogen) atoms. The molecule has 0 spiro atoms. The molecule has 1 saturated heterocycles. The minimum absolute atomic E-state index is 0.280. The number of hydrogen-bond donors (Lipinski definition) is 1. The van der Waals surface area contributed by atoms with Crippen molar-refractivity contribution in [2.45, 2.75) is 26.1 Å². The lowest BCUT2D eigenvalue weighted by Crippen LogP contribution is -2.42. The van der Waals surface area contributed by atoms with Crippen molar-refractivity contribution in [2.75, 3.05) is 39.7 Å². The van der Waals surface area contributed by atoms with Gasteiger partial charge in [-0.15, -0.1) is 0 Å². The maximum atomic E-state index is 11.5. The summed E-state index contributed by atoms with van der Waals surface area (Å²) in [5.74, 6) is -0.414. The molecule has 0 atom stereocenters. The molecule has 3 rings (SSSR count). The number of nitrogens with zero attached hydrogens (tertiary/aromatic N) is 1. The summed E-state index contributed by atoms with van der Waals surface area (Å²) in [6.07, 6.45) is 13.9. The second-order valence-corrected chi connectivity index (χ2v) is 10.2. The van der Waals surface area contributed by atoms with Crippen LogP contribution < -0.4 is 0 Å². The molecule has 0 saturated carbocycles. The number of allylic oxidation sites excluding steroid dienone is 3. The van der Waals surface area contributed by atoms with Crippen LogP contribution in [0.25, 0.3) is 6.08 Å². The molecule has 1 aromatic carbocycles. The van der Waals surface area contributed by atoms with Crippen molar-refractivity contribution in [3.05, 3.63) is 78.0 Å². The molecule has 0 aliphatic carbocycles. The number of rotatable bonds is 8. The Morgan fingerprint density at radius 3 is 2.40 bits per heavy atom. The zero-order valence-corrected chi connectivity index (χ0v) is 21.4. The van der Waals surface area contributed by atoms with Crippen LogP contribution in [0.1, 0.15) is 37.2 Å². The van der Waals surface area contributed by atoms with Gasteiger partial charge in [-0.25, -0.2) is 4.79 Å². The molecule has 2 aliphatic rings. The summed E-state index contributed by atoms with van der Waals surface area (Å²) in [5, 5.41) is 0. The van der Waals surface area contributed by atoms with Crippen LogP contribution in [0.3, 0.4) is 0 Å². The first kappa shape index (κ1) is 28.5. The molecule has 1 N–H and O–H groups in total. The normalized spacial score (nSPS) is 22.2. The molecule has 8 nitrogen and oxygen atoms in total. The largest absolute Gasteiger partial charge is 0.462 e. The van der Waals surface area contributed by atoms with Crippen LogP contribution >= 0.6 is 0 Å². The quantitative estimate of drug-likeness (QED) is 0.319. The van der Waals surface area contributed by atoms with Crippen LogP contribution in [0, 0.1) is 5.41 Å². The highest BCUT2D eigenvalue weighted by atomic mass is 32.2. The third-order valence-electron chi connectivity index (χ3n) is 5.36. The lowest BCUT2D eigenvalue weighted by atomic mass is 9.85. The summed E-state index contributed by atoms with van der Waals surface area (Å²) >= 11 is 0. The molecule has 9 heteroatoms. The van der Waals surface area contributed by atoms with E-state index in [9.17, 15) is 13.2 Å². The predicted octanol–water partition coefficient (Wildman–Crippen LogP) is 4.15. The number of ether oxygens (including phenoxy) is 3. The first-order chi connectivity index (χ1) is 16.5. The van der Waals surface area contributed by atoms with Gasteiger partial charge in [0.05, 0.1) is 24.9 Å². The van der Waals surface area contributed by atoms with E-state index in [1.165, 1.54) is 11.6 Å². The Hall–Kier alpha value is -2.72. The highest BCUT2D eigenvalue weighted by Gasteiger charge is 2.38. The first-order valence-corrected chi connectivity index (χ1v) is 13.2. The van der Waals surface area contributed by atoms with Gasteiger partial charge in [0.25, 0.3) is 10.1 Å². The lowest BCUT2D eigenvalue weighted by molar-refractivity contribution is -0.244. The minimum Gasteiger partial charge on any atom is -0.462 e. The molecule has 2 heterocycles. The summed E-state index contributed by atoms with van der Waals surface area (Å²) in [4.78, 5) is 13.6. The van der Waals surface area contributed by atoms with Gasteiger partial charge >= 0.3 is 5.97 Å². The second kappa shape index (κ2) is 13.4. The van der Waals surface area contributed by atoms with E-state index in [-0.39, 0.29) is 12.0 Å². The molecule has 0 bridgehead atoms. The smallest absolute Gasteiger partial charge is 0.330 e. The molecule has 0 aromatic heterocycles. The molecule has 1 fully saturated rings. The van der Waals surface area contributed by atoms with Crippen molar-refractivity contribution in [3.8, 4) is 0 Å². The molecule has 2 aliphatic heterocycles.